The van der Waals surface area contributed by atoms with Gasteiger partial charge in [0, 0.05) is 24.3 Å². The monoisotopic (exact) mass is 358 g/mol. The van der Waals surface area contributed by atoms with E-state index in [1.165, 1.54) is 0 Å². The van der Waals surface area contributed by atoms with Gasteiger partial charge in [-0.3, -0.25) is 4.52 Å². The molecule has 1 aromatic carbocycles. The van der Waals surface area contributed by atoms with Gasteiger partial charge in [0.05, 0.1) is 6.61 Å². The van der Waals surface area contributed by atoms with Crippen LogP contribution in [0, 0.1) is 0 Å². The van der Waals surface area contributed by atoms with Gasteiger partial charge in [-0.25, -0.2) is 4.57 Å². The zero-order valence-electron chi connectivity index (χ0n) is 14.7. The molecule has 0 saturated heterocycles. The summed E-state index contributed by atoms with van der Waals surface area (Å²) in [6.07, 6.45) is 5.48. The van der Waals surface area contributed by atoms with Crippen molar-refractivity contribution in [3.8, 4) is 0 Å². The van der Waals surface area contributed by atoms with Crippen LogP contribution in [0.2, 0.25) is 0 Å². The molecule has 4 N–H and O–H groups in total. The average molecular weight is 358 g/mol. The van der Waals surface area contributed by atoms with Gasteiger partial charge >= 0.3 is 7.82 Å². The Labute approximate surface area is 145 Å². The standard InChI is InChI=1S/C17H31N2O4P/c1-3-5-10-16(9-4-2)19(17-11-7-6-8-12-17)13-15(18)14-23-24(20,21)22/h6-8,11-12,15-16H,3-5,9-10,13-14,18H2,1-2H3,(H2,20,21,22). The van der Waals surface area contributed by atoms with Crippen LogP contribution in [-0.4, -0.2) is 35.0 Å². The molecule has 0 spiro atoms. The number of anilines is 1. The number of hydrogen-bond donors (Lipinski definition) is 3. The minimum Gasteiger partial charge on any atom is -0.367 e. The molecule has 2 unspecified atom stereocenters. The molecule has 0 aromatic heterocycles. The molecule has 0 fully saturated rings. The van der Waals surface area contributed by atoms with Crippen LogP contribution < -0.4 is 10.6 Å². The van der Waals surface area contributed by atoms with Crippen molar-refractivity contribution in [2.45, 2.75) is 58.0 Å². The maximum absolute atomic E-state index is 10.9. The van der Waals surface area contributed by atoms with Crippen molar-refractivity contribution in [3.63, 3.8) is 0 Å². The molecule has 1 aromatic rings. The molecule has 6 nitrogen and oxygen atoms in total. The van der Waals surface area contributed by atoms with Gasteiger partial charge < -0.3 is 20.4 Å². The van der Waals surface area contributed by atoms with Crippen LogP contribution in [0.4, 0.5) is 5.69 Å². The van der Waals surface area contributed by atoms with Crippen molar-refractivity contribution in [1.29, 1.82) is 0 Å². The Morgan fingerprint density at radius 1 is 1.17 bits per heavy atom. The second kappa shape index (κ2) is 10.9. The van der Waals surface area contributed by atoms with E-state index >= 15 is 0 Å². The van der Waals surface area contributed by atoms with Gasteiger partial charge in [-0.05, 0) is 25.0 Å². The molecular weight excluding hydrogens is 327 g/mol. The molecular formula is C17H31N2O4P. The molecule has 0 aliphatic carbocycles. The lowest BCUT2D eigenvalue weighted by atomic mass is 10.0. The van der Waals surface area contributed by atoms with E-state index in [1.807, 2.05) is 30.3 Å². The van der Waals surface area contributed by atoms with Gasteiger partial charge in [0.15, 0.2) is 0 Å². The third-order valence-corrected chi connectivity index (χ3v) is 4.41. The minimum absolute atomic E-state index is 0.166. The predicted molar refractivity (Wildman–Crippen MR) is 98.0 cm³/mol. The lowest BCUT2D eigenvalue weighted by Crippen LogP contribution is -2.45. The van der Waals surface area contributed by atoms with Crippen LogP contribution in [0.25, 0.3) is 0 Å². The van der Waals surface area contributed by atoms with Crippen molar-refractivity contribution in [3.05, 3.63) is 30.3 Å². The summed E-state index contributed by atoms with van der Waals surface area (Å²) in [5, 5.41) is 0. The molecule has 0 saturated carbocycles. The third-order valence-electron chi connectivity index (χ3n) is 3.93. The summed E-state index contributed by atoms with van der Waals surface area (Å²) in [5.74, 6) is 0. The second-order valence-electron chi connectivity index (χ2n) is 6.12. The maximum Gasteiger partial charge on any atom is 0.469 e. The number of hydrogen-bond acceptors (Lipinski definition) is 4. The molecule has 24 heavy (non-hydrogen) atoms. The van der Waals surface area contributed by atoms with E-state index < -0.39 is 13.9 Å². The fraction of sp³-hybridized carbons (Fsp3) is 0.647. The number of nitrogens with two attached hydrogens (primary N) is 1. The highest BCUT2D eigenvalue weighted by atomic mass is 31.2. The number of phosphoric ester groups is 1. The summed E-state index contributed by atoms with van der Waals surface area (Å²) >= 11 is 0. The first-order chi connectivity index (χ1) is 11.4. The first kappa shape index (κ1) is 21.1. The molecule has 0 heterocycles. The number of phosphoric acid groups is 1. The molecule has 0 amide bonds. The van der Waals surface area contributed by atoms with Crippen molar-refractivity contribution >= 4 is 13.5 Å². The minimum atomic E-state index is -4.49. The number of nitrogens with zero attached hydrogens (tertiary/aromatic N) is 1. The van der Waals surface area contributed by atoms with Crippen molar-refractivity contribution in [2.24, 2.45) is 5.73 Å². The number of unbranched alkanes of at least 4 members (excludes halogenated alkanes) is 1. The van der Waals surface area contributed by atoms with Crippen LogP contribution in [0.15, 0.2) is 30.3 Å². The summed E-state index contributed by atoms with van der Waals surface area (Å²) in [6, 6.07) is 9.93. The summed E-state index contributed by atoms with van der Waals surface area (Å²) in [6.45, 7) is 4.67. The first-order valence-corrected chi connectivity index (χ1v) is 10.2. The maximum atomic E-state index is 10.9. The summed E-state index contributed by atoms with van der Waals surface area (Å²) in [7, 11) is -4.49. The van der Waals surface area contributed by atoms with Gasteiger partial charge in [0.25, 0.3) is 0 Å². The predicted octanol–water partition coefficient (Wildman–Crippen LogP) is 3.29. The van der Waals surface area contributed by atoms with Crippen molar-refractivity contribution in [1.82, 2.24) is 0 Å². The molecule has 0 radical (unpaired) electrons. The third kappa shape index (κ3) is 8.27. The Balaban J connectivity index is 2.85. The fourth-order valence-corrected chi connectivity index (χ4v) is 3.20. The second-order valence-corrected chi connectivity index (χ2v) is 7.36. The quantitative estimate of drug-likeness (QED) is 0.496. The molecule has 0 aliphatic heterocycles. The van der Waals surface area contributed by atoms with Gasteiger partial charge in [-0.2, -0.15) is 0 Å². The van der Waals surface area contributed by atoms with Gasteiger partial charge in [0.2, 0.25) is 0 Å². The van der Waals surface area contributed by atoms with E-state index in [-0.39, 0.29) is 6.61 Å². The van der Waals surface area contributed by atoms with Gasteiger partial charge in [-0.1, -0.05) is 51.3 Å². The van der Waals surface area contributed by atoms with Gasteiger partial charge in [0.1, 0.15) is 0 Å². The lowest BCUT2D eigenvalue weighted by Gasteiger charge is -2.36. The Hall–Kier alpha value is -0.910. The zero-order chi connectivity index (χ0) is 18.0. The fourth-order valence-electron chi connectivity index (χ4n) is 2.81. The topological polar surface area (TPSA) is 96.0 Å². The highest BCUT2D eigenvalue weighted by molar-refractivity contribution is 7.46. The first-order valence-electron chi connectivity index (χ1n) is 8.64. The van der Waals surface area contributed by atoms with E-state index in [4.69, 9.17) is 15.5 Å². The summed E-state index contributed by atoms with van der Waals surface area (Å²) in [4.78, 5) is 20.0. The van der Waals surface area contributed by atoms with E-state index in [0.29, 0.717) is 12.6 Å². The SMILES string of the molecule is CCCCC(CCC)N(CC(N)COP(=O)(O)O)c1ccccc1. The molecule has 1 rings (SSSR count). The molecule has 138 valence electrons. The highest BCUT2D eigenvalue weighted by Crippen LogP contribution is 2.35. The van der Waals surface area contributed by atoms with E-state index in [9.17, 15) is 4.57 Å². The van der Waals surface area contributed by atoms with Crippen LogP contribution in [0.3, 0.4) is 0 Å². The number of para-hydroxylation sites is 1. The van der Waals surface area contributed by atoms with Crippen LogP contribution in [0.5, 0.6) is 0 Å². The summed E-state index contributed by atoms with van der Waals surface area (Å²) in [5.41, 5.74) is 7.15. The number of benzene rings is 1. The Morgan fingerprint density at radius 2 is 1.83 bits per heavy atom. The molecule has 0 aliphatic rings. The normalized spacial score (nSPS) is 14.4. The highest BCUT2D eigenvalue weighted by Gasteiger charge is 2.22. The average Bonchev–Trinajstić information content (AvgIpc) is 2.55. The van der Waals surface area contributed by atoms with E-state index in [0.717, 1.165) is 37.8 Å². The number of rotatable bonds is 12. The molecule has 7 heteroatoms. The lowest BCUT2D eigenvalue weighted by molar-refractivity contribution is 0.186. The van der Waals surface area contributed by atoms with Crippen LogP contribution in [0.1, 0.15) is 46.0 Å². The Kier molecular flexibility index (Phi) is 9.56. The Bertz CT molecular complexity index is 495. The van der Waals surface area contributed by atoms with E-state index in [1.54, 1.807) is 0 Å². The molecule has 2 atom stereocenters. The zero-order valence-corrected chi connectivity index (χ0v) is 15.6. The van der Waals surface area contributed by atoms with Crippen molar-refractivity contribution < 1.29 is 18.9 Å². The Morgan fingerprint density at radius 3 is 2.38 bits per heavy atom. The van der Waals surface area contributed by atoms with Gasteiger partial charge in [-0.15, -0.1) is 0 Å². The van der Waals surface area contributed by atoms with Crippen molar-refractivity contribution in [2.75, 3.05) is 18.1 Å². The molecule has 0 bridgehead atoms. The van der Waals surface area contributed by atoms with Crippen LogP contribution in [-0.2, 0) is 9.09 Å². The summed E-state index contributed by atoms with van der Waals surface area (Å²) < 4.78 is 15.4. The van der Waals surface area contributed by atoms with E-state index in [2.05, 4.69) is 23.3 Å². The van der Waals surface area contributed by atoms with Crippen LogP contribution >= 0.6 is 7.82 Å². The largest absolute Gasteiger partial charge is 0.469 e. The smallest absolute Gasteiger partial charge is 0.367 e.